The van der Waals surface area contributed by atoms with Gasteiger partial charge in [0.2, 0.25) is 5.75 Å². The molecule has 0 saturated carbocycles. The van der Waals surface area contributed by atoms with Crippen LogP contribution in [0.1, 0.15) is 18.1 Å². The smallest absolute Gasteiger partial charge is 0.311 e. The molecular weight excluding hydrogens is 252 g/mol. The van der Waals surface area contributed by atoms with Gasteiger partial charge in [-0.15, -0.1) is 0 Å². The maximum atomic E-state index is 11.5. The molecule has 0 N–H and O–H groups in total. The average Bonchev–Trinajstić information content (AvgIpc) is 2.38. The molecule has 0 fully saturated rings. The Balaban J connectivity index is 3.32. The van der Waals surface area contributed by atoms with Crippen LogP contribution < -0.4 is 4.74 Å². The monoisotopic (exact) mass is 264 g/mol. The number of carbonyl (C=O) groups excluding carboxylic acids is 1. The third-order valence-electron chi connectivity index (χ3n) is 2.39. The topological polar surface area (TPSA) is 102 Å². The van der Waals surface area contributed by atoms with E-state index in [0.29, 0.717) is 0 Å². The molecule has 0 heterocycles. The van der Waals surface area contributed by atoms with Gasteiger partial charge in [-0.25, -0.2) is 0 Å². The predicted molar refractivity (Wildman–Crippen MR) is 64.7 cm³/mol. The van der Waals surface area contributed by atoms with Crippen LogP contribution in [0.15, 0.2) is 12.1 Å². The summed E-state index contributed by atoms with van der Waals surface area (Å²) in [6.07, 6.45) is -0.248. The van der Waals surface area contributed by atoms with Crippen molar-refractivity contribution in [1.82, 2.24) is 0 Å². The third kappa shape index (κ3) is 3.19. The van der Waals surface area contributed by atoms with Gasteiger partial charge >= 0.3 is 11.7 Å². The standard InChI is InChI=1S/C12H12N2O5/c1-3-19-11(15)6-9-8(7-13)4-5-10(14(16)17)12(9)18-2/h4-5H,3,6H2,1-2H3. The van der Waals surface area contributed by atoms with Crippen molar-refractivity contribution < 1.29 is 19.2 Å². The molecule has 1 rings (SSSR count). The van der Waals surface area contributed by atoms with Crippen LogP contribution >= 0.6 is 0 Å². The molecule has 0 aromatic heterocycles. The zero-order valence-electron chi connectivity index (χ0n) is 10.5. The fraction of sp³-hybridized carbons (Fsp3) is 0.333. The molecule has 19 heavy (non-hydrogen) atoms. The minimum absolute atomic E-state index is 0.0860. The van der Waals surface area contributed by atoms with E-state index in [1.165, 1.54) is 19.2 Å². The summed E-state index contributed by atoms with van der Waals surface area (Å²) in [5.41, 5.74) is 0.0222. The van der Waals surface area contributed by atoms with Gasteiger partial charge in [0, 0.05) is 11.6 Å². The number of esters is 1. The van der Waals surface area contributed by atoms with E-state index >= 15 is 0 Å². The summed E-state index contributed by atoms with van der Waals surface area (Å²) in [7, 11) is 1.25. The fourth-order valence-corrected chi connectivity index (χ4v) is 1.62. The fourth-order valence-electron chi connectivity index (χ4n) is 1.62. The lowest BCUT2D eigenvalue weighted by molar-refractivity contribution is -0.385. The highest BCUT2D eigenvalue weighted by Crippen LogP contribution is 2.33. The van der Waals surface area contributed by atoms with E-state index in [1.54, 1.807) is 6.92 Å². The normalized spacial score (nSPS) is 9.53. The summed E-state index contributed by atoms with van der Waals surface area (Å²) in [6, 6.07) is 4.33. The van der Waals surface area contributed by atoms with Crippen LogP contribution in [0, 0.1) is 21.4 Å². The van der Waals surface area contributed by atoms with Crippen LogP contribution in [-0.4, -0.2) is 24.6 Å². The number of ether oxygens (including phenoxy) is 2. The molecule has 0 radical (unpaired) electrons. The Labute approximate surface area is 109 Å². The molecular formula is C12H12N2O5. The summed E-state index contributed by atoms with van der Waals surface area (Å²) in [4.78, 5) is 21.7. The molecule has 0 atom stereocenters. The van der Waals surface area contributed by atoms with Gasteiger partial charge in [-0.3, -0.25) is 14.9 Å². The van der Waals surface area contributed by atoms with E-state index in [-0.39, 0.29) is 35.6 Å². The van der Waals surface area contributed by atoms with Crippen LogP contribution in [0.3, 0.4) is 0 Å². The summed E-state index contributed by atoms with van der Waals surface area (Å²) in [6.45, 7) is 1.84. The molecule has 0 saturated heterocycles. The first-order chi connectivity index (χ1) is 9.04. The van der Waals surface area contributed by atoms with Crippen molar-refractivity contribution in [2.45, 2.75) is 13.3 Å². The number of carbonyl (C=O) groups is 1. The number of benzene rings is 1. The molecule has 0 bridgehead atoms. The number of nitro groups is 1. The molecule has 0 aliphatic carbocycles. The zero-order chi connectivity index (χ0) is 14.4. The van der Waals surface area contributed by atoms with E-state index in [1.807, 2.05) is 6.07 Å². The van der Waals surface area contributed by atoms with Crippen molar-refractivity contribution in [3.8, 4) is 11.8 Å². The summed E-state index contributed by atoms with van der Waals surface area (Å²) in [5.74, 6) is -0.657. The van der Waals surface area contributed by atoms with Crippen LogP contribution in [0.5, 0.6) is 5.75 Å². The van der Waals surface area contributed by atoms with Gasteiger partial charge in [0.15, 0.2) is 0 Å². The molecule has 1 aromatic rings. The summed E-state index contributed by atoms with van der Waals surface area (Å²) >= 11 is 0. The molecule has 0 amide bonds. The Hall–Kier alpha value is -2.62. The average molecular weight is 264 g/mol. The van der Waals surface area contributed by atoms with Crippen LogP contribution in [-0.2, 0) is 16.0 Å². The SMILES string of the molecule is CCOC(=O)Cc1c(C#N)ccc([N+](=O)[O-])c1OC. The van der Waals surface area contributed by atoms with Gasteiger partial charge in [0.05, 0.1) is 36.7 Å². The van der Waals surface area contributed by atoms with E-state index in [2.05, 4.69) is 0 Å². The van der Waals surface area contributed by atoms with E-state index in [0.717, 1.165) is 0 Å². The van der Waals surface area contributed by atoms with Gasteiger partial charge in [0.25, 0.3) is 0 Å². The maximum absolute atomic E-state index is 11.5. The number of nitro benzene ring substituents is 1. The molecule has 7 heteroatoms. The highest BCUT2D eigenvalue weighted by atomic mass is 16.6. The lowest BCUT2D eigenvalue weighted by Gasteiger charge is -2.10. The first-order valence-electron chi connectivity index (χ1n) is 5.45. The number of methoxy groups -OCH3 is 1. The highest BCUT2D eigenvalue weighted by Gasteiger charge is 2.23. The first-order valence-corrected chi connectivity index (χ1v) is 5.45. The van der Waals surface area contributed by atoms with E-state index in [4.69, 9.17) is 14.7 Å². The molecule has 0 unspecified atom stereocenters. The number of nitrogens with zero attached hydrogens (tertiary/aromatic N) is 2. The quantitative estimate of drug-likeness (QED) is 0.454. The van der Waals surface area contributed by atoms with Crippen molar-refractivity contribution in [2.75, 3.05) is 13.7 Å². The molecule has 0 aliphatic heterocycles. The maximum Gasteiger partial charge on any atom is 0.311 e. The second kappa shape index (κ2) is 6.35. The third-order valence-corrected chi connectivity index (χ3v) is 2.39. The lowest BCUT2D eigenvalue weighted by Crippen LogP contribution is -2.10. The van der Waals surface area contributed by atoms with E-state index in [9.17, 15) is 14.9 Å². The Bertz CT molecular complexity index is 548. The van der Waals surface area contributed by atoms with Gasteiger partial charge in [-0.2, -0.15) is 5.26 Å². The molecule has 1 aromatic carbocycles. The van der Waals surface area contributed by atoms with Crippen molar-refractivity contribution >= 4 is 11.7 Å². The number of hydrogen-bond acceptors (Lipinski definition) is 6. The van der Waals surface area contributed by atoms with Gasteiger partial charge in [-0.05, 0) is 13.0 Å². The van der Waals surface area contributed by atoms with Gasteiger partial charge < -0.3 is 9.47 Å². The Morgan fingerprint density at radius 3 is 2.68 bits per heavy atom. The highest BCUT2D eigenvalue weighted by molar-refractivity contribution is 5.76. The first kappa shape index (κ1) is 14.4. The zero-order valence-corrected chi connectivity index (χ0v) is 10.5. The van der Waals surface area contributed by atoms with Crippen molar-refractivity contribution in [3.05, 3.63) is 33.4 Å². The van der Waals surface area contributed by atoms with Crippen LogP contribution in [0.25, 0.3) is 0 Å². The van der Waals surface area contributed by atoms with Crippen LogP contribution in [0.4, 0.5) is 5.69 Å². The number of rotatable bonds is 5. The molecule has 7 nitrogen and oxygen atoms in total. The molecule has 0 spiro atoms. The Morgan fingerprint density at radius 2 is 2.21 bits per heavy atom. The predicted octanol–water partition coefficient (Wildman–Crippen LogP) is 1.58. The van der Waals surface area contributed by atoms with Gasteiger partial charge in [0.1, 0.15) is 0 Å². The number of hydrogen-bond donors (Lipinski definition) is 0. The van der Waals surface area contributed by atoms with Crippen LogP contribution in [0.2, 0.25) is 0 Å². The van der Waals surface area contributed by atoms with Crippen molar-refractivity contribution in [1.29, 1.82) is 5.26 Å². The second-order valence-electron chi connectivity index (χ2n) is 3.49. The second-order valence-corrected chi connectivity index (χ2v) is 3.49. The van der Waals surface area contributed by atoms with Crippen molar-refractivity contribution in [2.24, 2.45) is 0 Å². The summed E-state index contributed by atoms with van der Waals surface area (Å²) in [5, 5.41) is 19.9. The lowest BCUT2D eigenvalue weighted by atomic mass is 10.0. The molecule has 100 valence electrons. The molecule has 0 aliphatic rings. The largest absolute Gasteiger partial charge is 0.490 e. The van der Waals surface area contributed by atoms with E-state index < -0.39 is 10.9 Å². The number of nitriles is 1. The Kier molecular flexibility index (Phi) is 4.83. The Morgan fingerprint density at radius 1 is 1.53 bits per heavy atom. The van der Waals surface area contributed by atoms with Gasteiger partial charge in [-0.1, -0.05) is 0 Å². The minimum atomic E-state index is -0.630. The van der Waals surface area contributed by atoms with Crippen molar-refractivity contribution in [3.63, 3.8) is 0 Å². The minimum Gasteiger partial charge on any atom is -0.490 e. The summed E-state index contributed by atoms with van der Waals surface area (Å²) < 4.78 is 9.73.